The molecule has 0 aliphatic rings. The third kappa shape index (κ3) is 19.2. The number of unbranched alkanes of at least 4 members (excludes halogenated alkanes) is 13. The Morgan fingerprint density at radius 2 is 1.13 bits per heavy atom. The van der Waals surface area contributed by atoms with Gasteiger partial charge in [-0.15, -0.1) is 0 Å². The number of hydrogen-bond acceptors (Lipinski definition) is 2. The van der Waals surface area contributed by atoms with Crippen molar-refractivity contribution in [1.82, 2.24) is 0 Å². The van der Waals surface area contributed by atoms with Crippen molar-refractivity contribution in [2.45, 2.75) is 110 Å². The fourth-order valence-corrected chi connectivity index (χ4v) is 2.81. The molecule has 0 spiro atoms. The van der Waals surface area contributed by atoms with Gasteiger partial charge in [0.2, 0.25) is 0 Å². The van der Waals surface area contributed by atoms with Gasteiger partial charge in [0.15, 0.2) is 0 Å². The van der Waals surface area contributed by atoms with Crippen LogP contribution in [0.15, 0.2) is 12.2 Å². The van der Waals surface area contributed by atoms with Gasteiger partial charge in [-0.2, -0.15) is 0 Å². The molecule has 0 aromatic carbocycles. The largest absolute Gasteiger partial charge is 0.469 e. The van der Waals surface area contributed by atoms with E-state index >= 15 is 0 Å². The van der Waals surface area contributed by atoms with Gasteiger partial charge in [0.1, 0.15) is 0 Å². The first kappa shape index (κ1) is 22.2. The highest BCUT2D eigenvalue weighted by molar-refractivity contribution is 5.68. The second kappa shape index (κ2) is 19.3. The van der Waals surface area contributed by atoms with Crippen LogP contribution in [0, 0.1) is 0 Å². The van der Waals surface area contributed by atoms with E-state index in [0.717, 1.165) is 12.8 Å². The second-order valence-corrected chi connectivity index (χ2v) is 6.62. The minimum Gasteiger partial charge on any atom is -0.469 e. The molecule has 0 atom stereocenters. The number of carbonyl (C=O) groups excluding carboxylic acids is 1. The molecular formula is C21H40O2. The first-order valence-corrected chi connectivity index (χ1v) is 10.0. The average Bonchev–Trinajstić information content (AvgIpc) is 2.57. The third-order valence-corrected chi connectivity index (χ3v) is 4.37. The van der Waals surface area contributed by atoms with E-state index in [1.165, 1.54) is 90.6 Å². The molecule has 0 heterocycles. The highest BCUT2D eigenvalue weighted by Crippen LogP contribution is 2.12. The smallest absolute Gasteiger partial charge is 0.305 e. The highest BCUT2D eigenvalue weighted by Gasteiger charge is 1.97. The number of allylic oxidation sites excluding steroid dienone is 2. The minimum absolute atomic E-state index is 0.0978. The van der Waals surface area contributed by atoms with E-state index in [9.17, 15) is 4.79 Å². The Kier molecular flexibility index (Phi) is 18.6. The van der Waals surface area contributed by atoms with Crippen LogP contribution >= 0.6 is 0 Å². The summed E-state index contributed by atoms with van der Waals surface area (Å²) < 4.78 is 4.62. The zero-order valence-corrected chi connectivity index (χ0v) is 15.8. The minimum atomic E-state index is -0.0978. The number of hydrogen-bond donors (Lipinski definition) is 0. The fraction of sp³-hybridized carbons (Fsp3) is 0.857. The van der Waals surface area contributed by atoms with Crippen LogP contribution in [0.5, 0.6) is 0 Å². The number of rotatable bonds is 17. The van der Waals surface area contributed by atoms with Crippen LogP contribution in [0.4, 0.5) is 0 Å². The molecule has 0 saturated heterocycles. The van der Waals surface area contributed by atoms with Gasteiger partial charge in [-0.05, 0) is 25.7 Å². The Labute approximate surface area is 145 Å². The van der Waals surface area contributed by atoms with Crippen molar-refractivity contribution in [3.8, 4) is 0 Å². The quantitative estimate of drug-likeness (QED) is 0.164. The van der Waals surface area contributed by atoms with Gasteiger partial charge in [0, 0.05) is 6.42 Å². The van der Waals surface area contributed by atoms with E-state index < -0.39 is 0 Å². The summed E-state index contributed by atoms with van der Waals surface area (Å²) in [7, 11) is 1.45. The maximum absolute atomic E-state index is 10.9. The van der Waals surface area contributed by atoms with Crippen LogP contribution < -0.4 is 0 Å². The van der Waals surface area contributed by atoms with Crippen LogP contribution in [-0.4, -0.2) is 13.1 Å². The van der Waals surface area contributed by atoms with Crippen LogP contribution in [0.3, 0.4) is 0 Å². The summed E-state index contributed by atoms with van der Waals surface area (Å²) in [5.41, 5.74) is 0. The molecule has 136 valence electrons. The molecule has 23 heavy (non-hydrogen) atoms. The molecule has 0 aliphatic heterocycles. The number of methoxy groups -OCH3 is 1. The average molecular weight is 325 g/mol. The molecule has 0 fully saturated rings. The summed E-state index contributed by atoms with van der Waals surface area (Å²) in [5.74, 6) is -0.0978. The lowest BCUT2D eigenvalue weighted by molar-refractivity contribution is -0.140. The van der Waals surface area contributed by atoms with Crippen molar-refractivity contribution >= 4 is 5.97 Å². The number of ether oxygens (including phenoxy) is 1. The first-order chi connectivity index (χ1) is 11.3. The lowest BCUT2D eigenvalue weighted by atomic mass is 10.0. The summed E-state index contributed by atoms with van der Waals surface area (Å²) in [6.07, 6.45) is 25.0. The van der Waals surface area contributed by atoms with Crippen molar-refractivity contribution < 1.29 is 9.53 Å². The maximum atomic E-state index is 10.9. The molecule has 0 rings (SSSR count). The molecule has 0 N–H and O–H groups in total. The third-order valence-electron chi connectivity index (χ3n) is 4.37. The van der Waals surface area contributed by atoms with Gasteiger partial charge in [0.25, 0.3) is 0 Å². The van der Waals surface area contributed by atoms with Crippen LogP contribution in [0.2, 0.25) is 0 Å². The van der Waals surface area contributed by atoms with Crippen molar-refractivity contribution in [3.63, 3.8) is 0 Å². The van der Waals surface area contributed by atoms with E-state index in [1.807, 2.05) is 0 Å². The second-order valence-electron chi connectivity index (χ2n) is 6.62. The molecular weight excluding hydrogens is 284 g/mol. The Hall–Kier alpha value is -0.790. The molecule has 0 bridgehead atoms. The van der Waals surface area contributed by atoms with E-state index in [0.29, 0.717) is 6.42 Å². The summed E-state index contributed by atoms with van der Waals surface area (Å²) in [5, 5.41) is 0. The molecule has 0 aromatic rings. The van der Waals surface area contributed by atoms with E-state index in [1.54, 1.807) is 0 Å². The zero-order chi connectivity index (χ0) is 17.0. The standard InChI is InChI=1S/C21H40O2/c1-3-4-5-6-7-8-9-10-11-12-13-14-15-16-17-18-19-20-21(22)23-2/h16-17H,3-15,18-20H2,1-2H3/b17-16-. The first-order valence-electron chi connectivity index (χ1n) is 10.0. The number of esters is 1. The van der Waals surface area contributed by atoms with Crippen molar-refractivity contribution in [2.24, 2.45) is 0 Å². The normalized spacial score (nSPS) is 11.2. The Balaban J connectivity index is 3.08. The van der Waals surface area contributed by atoms with Gasteiger partial charge in [-0.1, -0.05) is 89.7 Å². The van der Waals surface area contributed by atoms with Gasteiger partial charge >= 0.3 is 5.97 Å². The molecule has 2 heteroatoms. The maximum Gasteiger partial charge on any atom is 0.305 e. The predicted octanol–water partition coefficient (Wildman–Crippen LogP) is 6.98. The Morgan fingerprint density at radius 3 is 1.61 bits per heavy atom. The number of carbonyl (C=O) groups is 1. The molecule has 0 radical (unpaired) electrons. The lowest BCUT2D eigenvalue weighted by Gasteiger charge is -2.02. The van der Waals surface area contributed by atoms with Gasteiger partial charge in [-0.3, -0.25) is 4.79 Å². The van der Waals surface area contributed by atoms with E-state index in [4.69, 9.17) is 0 Å². The molecule has 0 aromatic heterocycles. The van der Waals surface area contributed by atoms with Gasteiger partial charge in [0.05, 0.1) is 7.11 Å². The predicted molar refractivity (Wildman–Crippen MR) is 101 cm³/mol. The molecule has 0 aliphatic carbocycles. The lowest BCUT2D eigenvalue weighted by Crippen LogP contribution is -1.98. The van der Waals surface area contributed by atoms with Crippen LogP contribution in [-0.2, 0) is 9.53 Å². The fourth-order valence-electron chi connectivity index (χ4n) is 2.81. The summed E-state index contributed by atoms with van der Waals surface area (Å²) in [6.45, 7) is 2.28. The summed E-state index contributed by atoms with van der Waals surface area (Å²) >= 11 is 0. The van der Waals surface area contributed by atoms with E-state index in [-0.39, 0.29) is 5.97 Å². The molecule has 0 unspecified atom stereocenters. The molecule has 2 nitrogen and oxygen atoms in total. The van der Waals surface area contributed by atoms with Gasteiger partial charge in [-0.25, -0.2) is 0 Å². The van der Waals surface area contributed by atoms with E-state index in [2.05, 4.69) is 23.8 Å². The summed E-state index contributed by atoms with van der Waals surface area (Å²) in [4.78, 5) is 10.9. The monoisotopic (exact) mass is 324 g/mol. The van der Waals surface area contributed by atoms with Crippen LogP contribution in [0.1, 0.15) is 110 Å². The highest BCUT2D eigenvalue weighted by atomic mass is 16.5. The Morgan fingerprint density at radius 1 is 0.696 bits per heavy atom. The SMILES string of the molecule is CCCCCCCCCCCCCC/C=C\CCCC(=O)OC. The van der Waals surface area contributed by atoms with Crippen molar-refractivity contribution in [1.29, 1.82) is 0 Å². The molecule has 0 amide bonds. The topological polar surface area (TPSA) is 26.3 Å². The Bertz CT molecular complexity index is 271. The van der Waals surface area contributed by atoms with Crippen LogP contribution in [0.25, 0.3) is 0 Å². The molecule has 0 saturated carbocycles. The van der Waals surface area contributed by atoms with Crippen molar-refractivity contribution in [2.75, 3.05) is 7.11 Å². The summed E-state index contributed by atoms with van der Waals surface area (Å²) in [6, 6.07) is 0. The van der Waals surface area contributed by atoms with Gasteiger partial charge < -0.3 is 4.74 Å². The van der Waals surface area contributed by atoms with Crippen molar-refractivity contribution in [3.05, 3.63) is 12.2 Å². The zero-order valence-electron chi connectivity index (χ0n) is 15.8.